The predicted molar refractivity (Wildman–Crippen MR) is 129 cm³/mol. The van der Waals surface area contributed by atoms with Crippen molar-refractivity contribution in [1.29, 1.82) is 5.26 Å². The maximum absolute atomic E-state index is 12.9. The molecule has 0 aromatic heterocycles. The van der Waals surface area contributed by atoms with Crippen molar-refractivity contribution < 1.29 is 41.8 Å². The van der Waals surface area contributed by atoms with Crippen molar-refractivity contribution in [3.63, 3.8) is 0 Å². The Hall–Kier alpha value is -4.31. The monoisotopic (exact) mass is 547 g/mol. The number of hydrogen-bond donors (Lipinski definition) is 2. The van der Waals surface area contributed by atoms with E-state index in [2.05, 4.69) is 15.4 Å². The molecule has 0 saturated heterocycles. The second-order valence-corrected chi connectivity index (χ2v) is 8.84. The summed E-state index contributed by atoms with van der Waals surface area (Å²) >= 11 is 0.767. The van der Waals surface area contributed by atoms with E-state index in [1.54, 1.807) is 0 Å². The van der Waals surface area contributed by atoms with Crippen molar-refractivity contribution in [3.8, 4) is 6.07 Å². The number of rotatable bonds is 7. The molecule has 1 aliphatic heterocycles. The summed E-state index contributed by atoms with van der Waals surface area (Å²) in [5.74, 6) is -5.87. The number of nitrogens with one attached hydrogen (secondary N) is 2. The number of allylic oxidation sites excluding steroid dienone is 1. The molecule has 0 saturated carbocycles. The fraction of sp³-hybridized carbons (Fsp3) is 0.240. The number of ether oxygens (including phenoxy) is 2. The van der Waals surface area contributed by atoms with Crippen LogP contribution in [0.4, 0.5) is 18.9 Å². The van der Waals surface area contributed by atoms with E-state index in [-0.39, 0.29) is 27.6 Å². The Morgan fingerprint density at radius 3 is 2.37 bits per heavy atom. The van der Waals surface area contributed by atoms with Gasteiger partial charge in [0.05, 0.1) is 47.8 Å². The first-order chi connectivity index (χ1) is 18.0. The van der Waals surface area contributed by atoms with Crippen LogP contribution in [0.5, 0.6) is 0 Å². The van der Waals surface area contributed by atoms with E-state index in [9.17, 15) is 37.6 Å². The van der Waals surface area contributed by atoms with Crippen molar-refractivity contribution in [2.45, 2.75) is 12.1 Å². The van der Waals surface area contributed by atoms with Gasteiger partial charge < -0.3 is 20.1 Å². The van der Waals surface area contributed by atoms with Crippen LogP contribution < -0.4 is 10.6 Å². The minimum absolute atomic E-state index is 0.00103. The van der Waals surface area contributed by atoms with Crippen LogP contribution in [0.25, 0.3) is 0 Å². The minimum atomic E-state index is -4.59. The van der Waals surface area contributed by atoms with Gasteiger partial charge in [-0.3, -0.25) is 14.4 Å². The summed E-state index contributed by atoms with van der Waals surface area (Å²) in [6.45, 7) is 0. The number of alkyl halides is 3. The minimum Gasteiger partial charge on any atom is -0.468 e. The Kier molecular flexibility index (Phi) is 8.80. The zero-order valence-corrected chi connectivity index (χ0v) is 20.7. The van der Waals surface area contributed by atoms with Gasteiger partial charge in [0.2, 0.25) is 11.8 Å². The van der Waals surface area contributed by atoms with E-state index in [0.717, 1.165) is 37.1 Å². The Balaban J connectivity index is 1.88. The van der Waals surface area contributed by atoms with Crippen LogP contribution in [0.2, 0.25) is 0 Å². The number of esters is 2. The number of nitriles is 1. The molecule has 9 nitrogen and oxygen atoms in total. The molecule has 3 rings (SSSR count). The smallest absolute Gasteiger partial charge is 0.416 e. The number of halogens is 3. The Bertz CT molecular complexity index is 1340. The highest BCUT2D eigenvalue weighted by molar-refractivity contribution is 8.03. The van der Waals surface area contributed by atoms with Gasteiger partial charge in [0.15, 0.2) is 0 Å². The largest absolute Gasteiger partial charge is 0.468 e. The summed E-state index contributed by atoms with van der Waals surface area (Å²) in [7, 11) is 2.30. The molecule has 198 valence electrons. The van der Waals surface area contributed by atoms with Crippen LogP contribution in [-0.4, -0.2) is 43.7 Å². The average molecular weight is 548 g/mol. The number of carbonyl (C=O) groups excluding carboxylic acids is 4. The molecular weight excluding hydrogens is 527 g/mol. The first kappa shape index (κ1) is 28.3. The first-order valence-electron chi connectivity index (χ1n) is 10.8. The molecule has 0 bridgehead atoms. The van der Waals surface area contributed by atoms with Crippen molar-refractivity contribution >= 4 is 41.2 Å². The quantitative estimate of drug-likeness (QED) is 0.397. The molecule has 1 heterocycles. The van der Waals surface area contributed by atoms with Gasteiger partial charge in [-0.05, 0) is 35.9 Å². The molecule has 2 N–H and O–H groups in total. The molecule has 38 heavy (non-hydrogen) atoms. The lowest BCUT2D eigenvalue weighted by atomic mass is 9.78. The highest BCUT2D eigenvalue weighted by Gasteiger charge is 2.44. The van der Waals surface area contributed by atoms with Gasteiger partial charge in [-0.2, -0.15) is 18.4 Å². The first-order valence-corrected chi connectivity index (χ1v) is 11.8. The number of methoxy groups -OCH3 is 2. The van der Waals surface area contributed by atoms with Gasteiger partial charge in [0, 0.05) is 11.6 Å². The number of nitrogens with zero attached hydrogens (tertiary/aromatic N) is 1. The molecule has 0 unspecified atom stereocenters. The molecule has 1 aliphatic rings. The van der Waals surface area contributed by atoms with Gasteiger partial charge in [0.25, 0.3) is 0 Å². The van der Waals surface area contributed by atoms with Crippen LogP contribution in [0.15, 0.2) is 59.1 Å². The number of thioether (sulfide) groups is 1. The van der Waals surface area contributed by atoms with E-state index in [1.165, 1.54) is 37.4 Å². The third-order valence-electron chi connectivity index (χ3n) is 5.50. The second-order valence-electron chi connectivity index (χ2n) is 7.85. The zero-order chi connectivity index (χ0) is 28.0. The fourth-order valence-corrected chi connectivity index (χ4v) is 4.58. The molecule has 13 heteroatoms. The average Bonchev–Trinajstić information content (AvgIpc) is 2.90. The SMILES string of the molecule is COC(=O)c1ccc([C@H]2C(C#N)=C(SCC(=O)Nc3cccc(C(F)(F)F)c3)NC(=O)[C@H]2C(=O)OC)cc1. The predicted octanol–water partition coefficient (Wildman–Crippen LogP) is 3.60. The standard InChI is InChI=1S/C25H20F3N3O6S/c1-36-23(34)14-8-6-13(7-9-14)19-17(11-29)22(31-21(33)20(19)24(35)37-2)38-12-18(32)30-16-5-3-4-15(10-16)25(26,27)28/h3-10,19-20H,12H2,1-2H3,(H,30,32)(H,31,33)/t19-,20-/m0/s1. The molecule has 0 spiro atoms. The van der Waals surface area contributed by atoms with Crippen LogP contribution >= 0.6 is 11.8 Å². The van der Waals surface area contributed by atoms with Gasteiger partial charge >= 0.3 is 18.1 Å². The van der Waals surface area contributed by atoms with Crippen LogP contribution in [0.1, 0.15) is 27.4 Å². The number of carbonyl (C=O) groups is 4. The summed E-state index contributed by atoms with van der Waals surface area (Å²) in [5.41, 5.74) is -0.503. The maximum Gasteiger partial charge on any atom is 0.416 e. The van der Waals surface area contributed by atoms with Gasteiger partial charge in [-0.1, -0.05) is 30.0 Å². The third kappa shape index (κ3) is 6.33. The number of amides is 2. The number of benzene rings is 2. The highest BCUT2D eigenvalue weighted by Crippen LogP contribution is 2.40. The van der Waals surface area contributed by atoms with Crippen molar-refractivity contribution in [2.75, 3.05) is 25.3 Å². The maximum atomic E-state index is 12.9. The number of hydrogen-bond acceptors (Lipinski definition) is 8. The summed E-state index contributed by atoms with van der Waals surface area (Å²) in [4.78, 5) is 49.6. The normalized spacial score (nSPS) is 17.2. The number of anilines is 1. The van der Waals surface area contributed by atoms with Crippen LogP contribution in [0, 0.1) is 17.2 Å². The lowest BCUT2D eigenvalue weighted by Gasteiger charge is -2.31. The second kappa shape index (κ2) is 11.8. The molecule has 2 aromatic rings. The topological polar surface area (TPSA) is 135 Å². The van der Waals surface area contributed by atoms with Crippen molar-refractivity contribution in [1.82, 2.24) is 5.32 Å². The van der Waals surface area contributed by atoms with E-state index < -0.39 is 47.3 Å². The lowest BCUT2D eigenvalue weighted by Crippen LogP contribution is -2.44. The zero-order valence-electron chi connectivity index (χ0n) is 19.9. The molecular formula is C25H20F3N3O6S. The molecule has 0 fully saturated rings. The molecule has 0 radical (unpaired) electrons. The van der Waals surface area contributed by atoms with Crippen molar-refractivity contribution in [2.24, 2.45) is 5.92 Å². The van der Waals surface area contributed by atoms with Crippen molar-refractivity contribution in [3.05, 3.63) is 75.8 Å². The van der Waals surface area contributed by atoms with Gasteiger partial charge in [-0.15, -0.1) is 0 Å². The van der Waals surface area contributed by atoms with Gasteiger partial charge in [-0.25, -0.2) is 4.79 Å². The molecule has 2 atom stereocenters. The molecule has 0 aliphatic carbocycles. The summed E-state index contributed by atoms with van der Waals surface area (Å²) in [6, 6.07) is 11.8. The van der Waals surface area contributed by atoms with Crippen LogP contribution in [0.3, 0.4) is 0 Å². The van der Waals surface area contributed by atoms with E-state index in [0.29, 0.717) is 5.56 Å². The third-order valence-corrected chi connectivity index (χ3v) is 6.51. The summed E-state index contributed by atoms with van der Waals surface area (Å²) < 4.78 is 48.2. The molecule has 2 aromatic carbocycles. The van der Waals surface area contributed by atoms with Gasteiger partial charge in [0.1, 0.15) is 5.92 Å². The Labute approximate surface area is 219 Å². The Morgan fingerprint density at radius 1 is 1.11 bits per heavy atom. The fourth-order valence-electron chi connectivity index (χ4n) is 3.73. The highest BCUT2D eigenvalue weighted by atomic mass is 32.2. The van der Waals surface area contributed by atoms with E-state index >= 15 is 0 Å². The lowest BCUT2D eigenvalue weighted by molar-refractivity contribution is -0.150. The van der Waals surface area contributed by atoms with E-state index in [1.807, 2.05) is 6.07 Å². The summed E-state index contributed by atoms with van der Waals surface area (Å²) in [5, 5.41) is 14.7. The van der Waals surface area contributed by atoms with Crippen LogP contribution in [-0.2, 0) is 30.0 Å². The molecule has 2 amide bonds. The van der Waals surface area contributed by atoms with E-state index in [4.69, 9.17) is 4.74 Å². The summed E-state index contributed by atoms with van der Waals surface area (Å²) in [6.07, 6.45) is -4.59. The Morgan fingerprint density at radius 2 is 1.79 bits per heavy atom.